The Balaban J connectivity index is 1.54. The van der Waals surface area contributed by atoms with E-state index in [2.05, 4.69) is 30.8 Å². The smallest absolute Gasteiger partial charge is 0.159 e. The van der Waals surface area contributed by atoms with Crippen LogP contribution >= 0.6 is 0 Å². The van der Waals surface area contributed by atoms with E-state index in [9.17, 15) is 8.78 Å². The number of hydrogen-bond donors (Lipinski definition) is 0. The van der Waals surface area contributed by atoms with Crippen molar-refractivity contribution in [2.45, 2.75) is 25.7 Å². The Labute approximate surface area is 180 Å². The fraction of sp³-hybridized carbons (Fsp3) is 0.143. The van der Waals surface area contributed by atoms with Crippen LogP contribution in [0.3, 0.4) is 0 Å². The lowest BCUT2D eigenvalue weighted by atomic mass is 9.96. The third-order valence-electron chi connectivity index (χ3n) is 5.63. The Morgan fingerprint density at radius 2 is 1.39 bits per heavy atom. The summed E-state index contributed by atoms with van der Waals surface area (Å²) < 4.78 is 41.6. The number of halogens is 3. The topological polar surface area (TPSA) is 0 Å². The number of fused-ring (bicyclic) bond motifs is 1. The predicted molar refractivity (Wildman–Crippen MR) is 122 cm³/mol. The van der Waals surface area contributed by atoms with E-state index in [4.69, 9.17) is 0 Å². The normalized spacial score (nSPS) is 11.1. The second-order valence-electron chi connectivity index (χ2n) is 7.75. The molecule has 0 nitrogen and oxygen atoms in total. The van der Waals surface area contributed by atoms with Gasteiger partial charge in [0.25, 0.3) is 0 Å². The van der Waals surface area contributed by atoms with Crippen molar-refractivity contribution in [2.75, 3.05) is 0 Å². The van der Waals surface area contributed by atoms with Gasteiger partial charge in [0, 0.05) is 5.39 Å². The van der Waals surface area contributed by atoms with Crippen LogP contribution in [0.4, 0.5) is 13.2 Å². The van der Waals surface area contributed by atoms with Gasteiger partial charge < -0.3 is 0 Å². The molecular weight excluding hydrogens is 393 g/mol. The molecule has 0 saturated carbocycles. The van der Waals surface area contributed by atoms with Crippen molar-refractivity contribution >= 4 is 10.8 Å². The fourth-order valence-corrected chi connectivity index (χ4v) is 3.82. The Kier molecular flexibility index (Phi) is 6.22. The highest BCUT2D eigenvalue weighted by atomic mass is 19.2. The van der Waals surface area contributed by atoms with Crippen LogP contribution in [-0.4, -0.2) is 0 Å². The summed E-state index contributed by atoms with van der Waals surface area (Å²) in [4.78, 5) is 0. The molecule has 31 heavy (non-hydrogen) atoms. The van der Waals surface area contributed by atoms with E-state index in [1.54, 1.807) is 6.07 Å². The molecule has 156 valence electrons. The van der Waals surface area contributed by atoms with Gasteiger partial charge >= 0.3 is 0 Å². The van der Waals surface area contributed by atoms with E-state index in [-0.39, 0.29) is 5.82 Å². The van der Waals surface area contributed by atoms with Crippen LogP contribution in [0.2, 0.25) is 0 Å². The molecule has 0 radical (unpaired) electrons. The van der Waals surface area contributed by atoms with E-state index in [0.29, 0.717) is 29.4 Å². The van der Waals surface area contributed by atoms with Crippen molar-refractivity contribution in [1.82, 2.24) is 0 Å². The molecule has 0 aliphatic heterocycles. The molecule has 4 rings (SSSR count). The molecule has 3 heteroatoms. The summed E-state index contributed by atoms with van der Waals surface area (Å²) in [7, 11) is 0. The van der Waals surface area contributed by atoms with E-state index in [1.165, 1.54) is 17.7 Å². The lowest BCUT2D eigenvalue weighted by Crippen LogP contribution is -1.97. The molecule has 4 aromatic rings. The summed E-state index contributed by atoms with van der Waals surface area (Å²) >= 11 is 0. The largest absolute Gasteiger partial charge is 0.206 e. The second-order valence-corrected chi connectivity index (χ2v) is 7.75. The summed E-state index contributed by atoms with van der Waals surface area (Å²) in [5.41, 5.74) is 4.60. The van der Waals surface area contributed by atoms with Crippen molar-refractivity contribution in [2.24, 2.45) is 0 Å². The van der Waals surface area contributed by atoms with Gasteiger partial charge in [-0.2, -0.15) is 0 Å². The van der Waals surface area contributed by atoms with Gasteiger partial charge in [0.05, 0.1) is 0 Å². The zero-order chi connectivity index (χ0) is 21.8. The van der Waals surface area contributed by atoms with Crippen molar-refractivity contribution in [1.29, 1.82) is 0 Å². The Bertz CT molecular complexity index is 1220. The van der Waals surface area contributed by atoms with Crippen LogP contribution in [0, 0.1) is 17.5 Å². The number of benzene rings is 4. The number of allylic oxidation sites excluding steroid dienone is 1. The lowest BCUT2D eigenvalue weighted by Gasteiger charge is -2.10. The molecule has 0 spiro atoms. The minimum atomic E-state index is -0.877. The highest BCUT2D eigenvalue weighted by molar-refractivity contribution is 5.88. The van der Waals surface area contributed by atoms with Crippen LogP contribution in [0.1, 0.15) is 23.1 Å². The zero-order valence-corrected chi connectivity index (χ0v) is 17.2. The van der Waals surface area contributed by atoms with Crippen LogP contribution in [0.15, 0.2) is 85.5 Å². The van der Waals surface area contributed by atoms with Crippen LogP contribution < -0.4 is 0 Å². The van der Waals surface area contributed by atoms with Crippen LogP contribution in [0.25, 0.3) is 21.9 Å². The molecule has 0 unspecified atom stereocenters. The van der Waals surface area contributed by atoms with Crippen molar-refractivity contribution < 1.29 is 13.2 Å². The monoisotopic (exact) mass is 416 g/mol. The standard InChI is InChI=1S/C28H23F3/c1-2-3-4-19-5-9-21(10-6-19)23-14-15-25-24(18-23)13-12-22(28(25)31)11-7-20-8-16-26(29)27(30)17-20/h2,5-6,8-10,12-18H,1,3-4,7,11H2. The number of hydrogen-bond acceptors (Lipinski definition) is 0. The van der Waals surface area contributed by atoms with Gasteiger partial charge in [-0.3, -0.25) is 0 Å². The SMILES string of the molecule is C=CCCc1ccc(-c2ccc3c(F)c(CCc4ccc(F)c(F)c4)ccc3c2)cc1. The van der Waals surface area contributed by atoms with Gasteiger partial charge in [-0.1, -0.05) is 60.7 Å². The summed E-state index contributed by atoms with van der Waals surface area (Å²) in [5, 5.41) is 1.40. The Morgan fingerprint density at radius 1 is 0.645 bits per heavy atom. The summed E-state index contributed by atoms with van der Waals surface area (Å²) in [6.07, 6.45) is 4.70. The van der Waals surface area contributed by atoms with Gasteiger partial charge in [-0.05, 0) is 77.1 Å². The molecule has 0 aliphatic carbocycles. The molecule has 0 fully saturated rings. The van der Waals surface area contributed by atoms with Crippen molar-refractivity contribution in [3.05, 3.63) is 120 Å². The van der Waals surface area contributed by atoms with Gasteiger partial charge in [0.1, 0.15) is 5.82 Å². The minimum absolute atomic E-state index is 0.258. The summed E-state index contributed by atoms with van der Waals surface area (Å²) in [5.74, 6) is -2.01. The predicted octanol–water partition coefficient (Wildman–Crippen LogP) is 7.83. The first-order chi connectivity index (χ1) is 15.0. The minimum Gasteiger partial charge on any atom is -0.206 e. The Morgan fingerprint density at radius 3 is 2.13 bits per heavy atom. The van der Waals surface area contributed by atoms with Gasteiger partial charge in [-0.25, -0.2) is 13.2 Å². The Hall–Kier alpha value is -3.33. The first-order valence-corrected chi connectivity index (χ1v) is 10.4. The second kappa shape index (κ2) is 9.22. The molecule has 0 aromatic heterocycles. The van der Waals surface area contributed by atoms with Gasteiger partial charge in [-0.15, -0.1) is 6.58 Å². The molecule has 4 aromatic carbocycles. The summed E-state index contributed by atoms with van der Waals surface area (Å²) in [6.45, 7) is 3.76. The number of aryl methyl sites for hydroxylation is 3. The molecule has 0 amide bonds. The fourth-order valence-electron chi connectivity index (χ4n) is 3.82. The quantitative estimate of drug-likeness (QED) is 0.269. The van der Waals surface area contributed by atoms with E-state index in [1.807, 2.05) is 30.3 Å². The molecule has 0 aliphatic rings. The van der Waals surface area contributed by atoms with E-state index >= 15 is 4.39 Å². The molecule has 0 saturated heterocycles. The van der Waals surface area contributed by atoms with Crippen molar-refractivity contribution in [3.8, 4) is 11.1 Å². The average Bonchev–Trinajstić information content (AvgIpc) is 2.79. The van der Waals surface area contributed by atoms with E-state index in [0.717, 1.165) is 35.4 Å². The highest BCUT2D eigenvalue weighted by Crippen LogP contribution is 2.28. The molecule has 0 N–H and O–H groups in total. The molecule has 0 atom stereocenters. The average molecular weight is 416 g/mol. The maximum atomic E-state index is 15.1. The molecular formula is C28H23F3. The lowest BCUT2D eigenvalue weighted by molar-refractivity contribution is 0.507. The van der Waals surface area contributed by atoms with Crippen molar-refractivity contribution in [3.63, 3.8) is 0 Å². The van der Waals surface area contributed by atoms with Gasteiger partial charge in [0.2, 0.25) is 0 Å². The van der Waals surface area contributed by atoms with Gasteiger partial charge in [0.15, 0.2) is 11.6 Å². The molecule has 0 bridgehead atoms. The zero-order valence-electron chi connectivity index (χ0n) is 17.2. The van der Waals surface area contributed by atoms with Crippen LogP contribution in [-0.2, 0) is 19.3 Å². The maximum Gasteiger partial charge on any atom is 0.159 e. The van der Waals surface area contributed by atoms with E-state index < -0.39 is 11.6 Å². The first-order valence-electron chi connectivity index (χ1n) is 10.4. The maximum absolute atomic E-state index is 15.1. The highest BCUT2D eigenvalue weighted by Gasteiger charge is 2.10. The van der Waals surface area contributed by atoms with Crippen LogP contribution in [0.5, 0.6) is 0 Å². The summed E-state index contributed by atoms with van der Waals surface area (Å²) in [6, 6.07) is 21.7. The third kappa shape index (κ3) is 4.72. The first kappa shape index (κ1) is 20.9. The number of rotatable bonds is 7. The third-order valence-corrected chi connectivity index (χ3v) is 5.63. The molecule has 0 heterocycles.